The van der Waals surface area contributed by atoms with Crippen molar-refractivity contribution >= 4 is 33.5 Å². The normalized spacial score (nSPS) is 13.3. The predicted octanol–water partition coefficient (Wildman–Crippen LogP) is 8.35. The minimum absolute atomic E-state index is 0.218. The Morgan fingerprint density at radius 2 is 1.00 bits per heavy atom. The Kier molecular flexibility index (Phi) is 5.86. The van der Waals surface area contributed by atoms with Gasteiger partial charge in [-0.2, -0.15) is 0 Å². The van der Waals surface area contributed by atoms with E-state index >= 15 is 0 Å². The zero-order valence-electron chi connectivity index (χ0n) is 21.6. The van der Waals surface area contributed by atoms with Crippen LogP contribution in [-0.2, 0) is 22.7 Å². The van der Waals surface area contributed by atoms with Crippen molar-refractivity contribution in [2.24, 2.45) is 0 Å². The summed E-state index contributed by atoms with van der Waals surface area (Å²) in [7, 11) is 0. The fourth-order valence-electron chi connectivity index (χ4n) is 5.75. The lowest BCUT2D eigenvalue weighted by atomic mass is 9.91. The number of hydrogen-bond donors (Lipinski definition) is 0. The molecule has 0 aliphatic carbocycles. The van der Waals surface area contributed by atoms with Crippen LogP contribution in [0.25, 0.3) is 43.8 Å². The molecule has 2 aliphatic heterocycles. The molecule has 6 aromatic carbocycles. The Hall–Kier alpha value is -5.22. The molecule has 0 saturated heterocycles. The van der Waals surface area contributed by atoms with E-state index in [0.29, 0.717) is 18.8 Å². The van der Waals surface area contributed by atoms with Gasteiger partial charge in [0.2, 0.25) is 0 Å². The quantitative estimate of drug-likeness (QED) is 0.215. The molecule has 8 rings (SSSR count). The van der Waals surface area contributed by atoms with E-state index in [4.69, 9.17) is 9.47 Å². The highest BCUT2D eigenvalue weighted by atomic mass is 16.5. The zero-order valence-corrected chi connectivity index (χ0v) is 21.6. The van der Waals surface area contributed by atoms with Crippen LogP contribution in [0.3, 0.4) is 0 Å². The minimum atomic E-state index is -0.220. The molecule has 0 saturated carbocycles. The van der Waals surface area contributed by atoms with Gasteiger partial charge in [0.05, 0.1) is 11.1 Å². The van der Waals surface area contributed by atoms with E-state index in [2.05, 4.69) is 36.4 Å². The van der Waals surface area contributed by atoms with Crippen molar-refractivity contribution in [2.75, 3.05) is 0 Å². The van der Waals surface area contributed by atoms with Crippen LogP contribution >= 0.6 is 0 Å². The molecule has 0 unspecified atom stereocenters. The summed E-state index contributed by atoms with van der Waals surface area (Å²) >= 11 is 0. The molecule has 0 bridgehead atoms. The molecule has 0 amide bonds. The third-order valence-corrected chi connectivity index (χ3v) is 7.54. The number of cyclic esters (lactones) is 2. The van der Waals surface area contributed by atoms with Crippen LogP contribution in [0.1, 0.15) is 31.8 Å². The van der Waals surface area contributed by atoms with Crippen LogP contribution in [0.5, 0.6) is 0 Å². The standard InChI is InChI=1S/2C18H12O2/c19-18-17-14(11-20-18)10-13-8-4-5-9-15(13)16(17)12-6-2-1-3-7-12;19-18-15-10-13-8-4-5-9-14(13)17(16(15)11-20-18)12-6-2-1-3-7-12/h2*1-10H,11H2. The van der Waals surface area contributed by atoms with Crippen LogP contribution in [0.2, 0.25) is 0 Å². The highest BCUT2D eigenvalue weighted by Crippen LogP contribution is 2.39. The van der Waals surface area contributed by atoms with Gasteiger partial charge in [-0.05, 0) is 50.4 Å². The first kappa shape index (κ1) is 23.9. The lowest BCUT2D eigenvalue weighted by Gasteiger charge is -2.11. The Morgan fingerprint density at radius 1 is 0.475 bits per heavy atom. The molecule has 192 valence electrons. The van der Waals surface area contributed by atoms with Crippen molar-refractivity contribution in [1.82, 2.24) is 0 Å². The van der Waals surface area contributed by atoms with Crippen LogP contribution < -0.4 is 0 Å². The maximum absolute atomic E-state index is 12.1. The monoisotopic (exact) mass is 520 g/mol. The van der Waals surface area contributed by atoms with E-state index in [1.165, 1.54) is 0 Å². The SMILES string of the molecule is O=C1OCc2c1cc1ccccc1c2-c1ccccc1.O=C1OCc2cc3ccccc3c(-c3ccccc3)c21. The maximum atomic E-state index is 12.1. The third-order valence-electron chi connectivity index (χ3n) is 7.54. The number of hydrogen-bond acceptors (Lipinski definition) is 4. The van der Waals surface area contributed by atoms with E-state index in [1.807, 2.05) is 84.9 Å². The molecular formula is C36H24O4. The number of fused-ring (bicyclic) bond motifs is 4. The number of carbonyl (C=O) groups is 2. The summed E-state index contributed by atoms with van der Waals surface area (Å²) in [5.41, 5.74) is 7.67. The molecule has 0 spiro atoms. The second-order valence-electron chi connectivity index (χ2n) is 9.89. The smallest absolute Gasteiger partial charge is 0.339 e. The van der Waals surface area contributed by atoms with Gasteiger partial charge in [0.1, 0.15) is 13.2 Å². The Bertz CT molecular complexity index is 1920. The fraction of sp³-hybridized carbons (Fsp3) is 0.0556. The van der Waals surface area contributed by atoms with E-state index in [1.54, 1.807) is 0 Å². The maximum Gasteiger partial charge on any atom is 0.339 e. The minimum Gasteiger partial charge on any atom is -0.457 e. The second-order valence-corrected chi connectivity index (χ2v) is 9.89. The van der Waals surface area contributed by atoms with E-state index in [9.17, 15) is 9.59 Å². The summed E-state index contributed by atoms with van der Waals surface area (Å²) in [6.45, 7) is 0.738. The molecule has 0 fully saturated rings. The van der Waals surface area contributed by atoms with Gasteiger partial charge in [-0.1, -0.05) is 109 Å². The summed E-state index contributed by atoms with van der Waals surface area (Å²) in [5, 5.41) is 4.47. The molecule has 0 radical (unpaired) electrons. The first-order valence-corrected chi connectivity index (χ1v) is 13.2. The Balaban J connectivity index is 0.000000132. The van der Waals surface area contributed by atoms with E-state index in [-0.39, 0.29) is 11.9 Å². The lowest BCUT2D eigenvalue weighted by molar-refractivity contribution is 0.0526. The van der Waals surface area contributed by atoms with Crippen LogP contribution in [0.15, 0.2) is 121 Å². The molecule has 0 aromatic heterocycles. The molecule has 40 heavy (non-hydrogen) atoms. The zero-order chi connectivity index (χ0) is 27.1. The molecule has 2 heterocycles. The summed E-state index contributed by atoms with van der Waals surface area (Å²) < 4.78 is 10.4. The second kappa shape index (κ2) is 9.83. The Morgan fingerprint density at radius 3 is 1.68 bits per heavy atom. The Labute approximate surface area is 231 Å². The molecule has 0 atom stereocenters. The number of benzene rings is 6. The van der Waals surface area contributed by atoms with Crippen molar-refractivity contribution < 1.29 is 19.1 Å². The number of rotatable bonds is 2. The summed E-state index contributed by atoms with van der Waals surface area (Å²) in [4.78, 5) is 24.0. The van der Waals surface area contributed by atoms with Gasteiger partial charge in [0.25, 0.3) is 0 Å². The molecule has 0 N–H and O–H groups in total. The average molecular weight is 521 g/mol. The first-order valence-electron chi connectivity index (χ1n) is 13.2. The van der Waals surface area contributed by atoms with Gasteiger partial charge < -0.3 is 9.47 Å². The van der Waals surface area contributed by atoms with Gasteiger partial charge in [-0.25, -0.2) is 9.59 Å². The van der Waals surface area contributed by atoms with Crippen LogP contribution in [0.4, 0.5) is 0 Å². The molecule has 4 heteroatoms. The highest BCUT2D eigenvalue weighted by molar-refractivity contribution is 6.11. The largest absolute Gasteiger partial charge is 0.457 e. The van der Waals surface area contributed by atoms with Crippen molar-refractivity contribution in [3.63, 3.8) is 0 Å². The molecule has 4 nitrogen and oxygen atoms in total. The van der Waals surface area contributed by atoms with Gasteiger partial charge in [0.15, 0.2) is 0 Å². The fourth-order valence-corrected chi connectivity index (χ4v) is 5.75. The number of ether oxygens (including phenoxy) is 2. The average Bonchev–Trinajstić information content (AvgIpc) is 3.57. The summed E-state index contributed by atoms with van der Waals surface area (Å²) in [6.07, 6.45) is 0. The number of esters is 2. The summed E-state index contributed by atoms with van der Waals surface area (Å²) in [5.74, 6) is -0.437. The first-order chi connectivity index (χ1) is 19.7. The van der Waals surface area contributed by atoms with Crippen molar-refractivity contribution in [3.05, 3.63) is 144 Å². The van der Waals surface area contributed by atoms with E-state index in [0.717, 1.165) is 60.5 Å². The van der Waals surface area contributed by atoms with Gasteiger partial charge in [-0.3, -0.25) is 0 Å². The number of carbonyl (C=O) groups excluding carboxylic acids is 2. The topological polar surface area (TPSA) is 52.6 Å². The molecule has 6 aromatic rings. The van der Waals surface area contributed by atoms with Crippen molar-refractivity contribution in [3.8, 4) is 22.3 Å². The van der Waals surface area contributed by atoms with Crippen molar-refractivity contribution in [1.29, 1.82) is 0 Å². The lowest BCUT2D eigenvalue weighted by Crippen LogP contribution is -1.98. The van der Waals surface area contributed by atoms with Gasteiger partial charge >= 0.3 is 11.9 Å². The summed E-state index contributed by atoms with van der Waals surface area (Å²) in [6, 6.07) is 40.5. The highest BCUT2D eigenvalue weighted by Gasteiger charge is 2.28. The third kappa shape index (κ3) is 4.02. The van der Waals surface area contributed by atoms with Crippen LogP contribution in [0, 0.1) is 0 Å². The molecular weight excluding hydrogens is 496 g/mol. The van der Waals surface area contributed by atoms with Gasteiger partial charge in [-0.15, -0.1) is 0 Å². The molecule has 2 aliphatic rings. The van der Waals surface area contributed by atoms with Crippen molar-refractivity contribution in [2.45, 2.75) is 13.2 Å². The van der Waals surface area contributed by atoms with Gasteiger partial charge in [0, 0.05) is 16.7 Å². The predicted molar refractivity (Wildman–Crippen MR) is 157 cm³/mol. The van der Waals surface area contributed by atoms with E-state index < -0.39 is 0 Å². The van der Waals surface area contributed by atoms with Crippen LogP contribution in [-0.4, -0.2) is 11.9 Å².